The number of hydrogen-bond donors (Lipinski definition) is 2. The largest absolute Gasteiger partial charge is 0.326 e. The van der Waals surface area contributed by atoms with Crippen LogP contribution >= 0.6 is 11.6 Å². The van der Waals surface area contributed by atoms with Crippen LogP contribution in [0.5, 0.6) is 0 Å². The molecule has 1 aliphatic heterocycles. The van der Waals surface area contributed by atoms with Crippen molar-refractivity contribution in [2.45, 2.75) is 18.9 Å². The topological polar surface area (TPSA) is 101 Å². The molecule has 0 aromatic carbocycles. The van der Waals surface area contributed by atoms with E-state index in [1.54, 1.807) is 29.6 Å². The number of carbonyl (C=O) groups is 1. The van der Waals surface area contributed by atoms with Gasteiger partial charge in [0.05, 0.1) is 5.69 Å². The minimum Gasteiger partial charge on any atom is -0.326 e. The molecule has 4 rings (SSSR count). The molecule has 0 bridgehead atoms. The first kappa shape index (κ1) is 17.6. The summed E-state index contributed by atoms with van der Waals surface area (Å²) in [6.45, 7) is 0.464. The predicted octanol–water partition coefficient (Wildman–Crippen LogP) is 2.44. The molecule has 0 spiro atoms. The van der Waals surface area contributed by atoms with Crippen molar-refractivity contribution in [1.29, 1.82) is 0 Å². The number of halogens is 1. The lowest BCUT2D eigenvalue weighted by Gasteiger charge is -2.34. The fourth-order valence-electron chi connectivity index (χ4n) is 3.41. The van der Waals surface area contributed by atoms with Crippen LogP contribution in [0.1, 0.15) is 12.0 Å². The molecule has 138 valence electrons. The van der Waals surface area contributed by atoms with E-state index in [0.717, 1.165) is 16.8 Å². The second-order valence-corrected chi connectivity index (χ2v) is 7.10. The highest BCUT2D eigenvalue weighted by molar-refractivity contribution is 6.29. The molecule has 3 aromatic rings. The second kappa shape index (κ2) is 7.46. The van der Waals surface area contributed by atoms with Crippen LogP contribution in [0.25, 0.3) is 11.3 Å². The third-order valence-electron chi connectivity index (χ3n) is 4.72. The summed E-state index contributed by atoms with van der Waals surface area (Å²) in [7, 11) is 0. The molecule has 7 nitrogen and oxygen atoms in total. The molecule has 0 saturated carbocycles. The van der Waals surface area contributed by atoms with Gasteiger partial charge in [-0.25, -0.2) is 4.98 Å². The third-order valence-corrected chi connectivity index (χ3v) is 4.95. The SMILES string of the molecule is N[C@H]1CC(Cc2ccc(Cl)nc2)C(=O)N(c2cc(-c3ccncc3)n[nH]2)C1. The van der Waals surface area contributed by atoms with Gasteiger partial charge in [-0.2, -0.15) is 5.10 Å². The van der Waals surface area contributed by atoms with Crippen molar-refractivity contribution < 1.29 is 4.79 Å². The molecule has 1 amide bonds. The van der Waals surface area contributed by atoms with Crippen LogP contribution in [0.15, 0.2) is 48.9 Å². The van der Waals surface area contributed by atoms with Crippen LogP contribution in [0, 0.1) is 5.92 Å². The van der Waals surface area contributed by atoms with Crippen molar-refractivity contribution in [3.8, 4) is 11.3 Å². The van der Waals surface area contributed by atoms with E-state index < -0.39 is 0 Å². The highest BCUT2D eigenvalue weighted by Crippen LogP contribution is 2.28. The summed E-state index contributed by atoms with van der Waals surface area (Å²) in [6, 6.07) is 9.15. The van der Waals surface area contributed by atoms with Crippen molar-refractivity contribution in [3.63, 3.8) is 0 Å². The van der Waals surface area contributed by atoms with E-state index in [4.69, 9.17) is 17.3 Å². The van der Waals surface area contributed by atoms with Gasteiger partial charge in [0.1, 0.15) is 11.0 Å². The lowest BCUT2D eigenvalue weighted by molar-refractivity contribution is -0.124. The summed E-state index contributed by atoms with van der Waals surface area (Å²) in [4.78, 5) is 22.9. The zero-order valence-corrected chi connectivity index (χ0v) is 15.3. The van der Waals surface area contributed by atoms with Crippen LogP contribution in [0.4, 0.5) is 5.82 Å². The molecular weight excluding hydrogens is 364 g/mol. The molecule has 0 aliphatic carbocycles. The first-order valence-corrected chi connectivity index (χ1v) is 9.11. The Labute approximate surface area is 161 Å². The van der Waals surface area contributed by atoms with Crippen LogP contribution in [0.2, 0.25) is 5.15 Å². The van der Waals surface area contributed by atoms with Gasteiger partial charge in [0.2, 0.25) is 5.91 Å². The van der Waals surface area contributed by atoms with E-state index in [0.29, 0.717) is 30.4 Å². The fraction of sp³-hybridized carbons (Fsp3) is 0.263. The van der Waals surface area contributed by atoms with Crippen LogP contribution < -0.4 is 10.6 Å². The van der Waals surface area contributed by atoms with Gasteiger partial charge in [-0.05, 0) is 36.6 Å². The van der Waals surface area contributed by atoms with Gasteiger partial charge in [-0.15, -0.1) is 0 Å². The lowest BCUT2D eigenvalue weighted by Crippen LogP contribution is -2.51. The number of amides is 1. The van der Waals surface area contributed by atoms with Gasteiger partial charge in [-0.3, -0.25) is 19.8 Å². The van der Waals surface area contributed by atoms with Gasteiger partial charge in [0.15, 0.2) is 0 Å². The number of hydrogen-bond acceptors (Lipinski definition) is 5. The number of pyridine rings is 2. The normalized spacial score (nSPS) is 20.1. The Kier molecular flexibility index (Phi) is 4.87. The summed E-state index contributed by atoms with van der Waals surface area (Å²) < 4.78 is 0. The van der Waals surface area contributed by atoms with E-state index >= 15 is 0 Å². The molecule has 2 atom stereocenters. The summed E-state index contributed by atoms with van der Waals surface area (Å²) in [6.07, 6.45) is 6.35. The maximum Gasteiger partial charge on any atom is 0.231 e. The molecule has 1 saturated heterocycles. The van der Waals surface area contributed by atoms with E-state index in [9.17, 15) is 4.79 Å². The standard InChI is InChI=1S/C19H19ClN6O/c20-17-2-1-12(10-23-17)7-14-8-15(21)11-26(19(14)27)18-9-16(24-25-18)13-3-5-22-6-4-13/h1-6,9-10,14-15H,7-8,11,21H2,(H,24,25)/t14?,15-/m0/s1. The smallest absolute Gasteiger partial charge is 0.231 e. The van der Waals surface area contributed by atoms with Crippen LogP contribution in [-0.2, 0) is 11.2 Å². The number of nitrogens with zero attached hydrogens (tertiary/aromatic N) is 4. The molecule has 4 heterocycles. The molecule has 0 radical (unpaired) electrons. The third kappa shape index (κ3) is 3.84. The predicted molar refractivity (Wildman–Crippen MR) is 103 cm³/mol. The monoisotopic (exact) mass is 382 g/mol. The molecule has 1 fully saturated rings. The van der Waals surface area contributed by atoms with Crippen molar-refractivity contribution in [2.24, 2.45) is 11.7 Å². The molecule has 1 unspecified atom stereocenters. The number of H-pyrrole nitrogens is 1. The Balaban J connectivity index is 1.55. The van der Waals surface area contributed by atoms with Crippen molar-refractivity contribution in [1.82, 2.24) is 20.2 Å². The van der Waals surface area contributed by atoms with Crippen molar-refractivity contribution in [3.05, 3.63) is 59.6 Å². The maximum atomic E-state index is 13.1. The number of anilines is 1. The zero-order valence-electron chi connectivity index (χ0n) is 14.5. The van der Waals surface area contributed by atoms with Crippen molar-refractivity contribution >= 4 is 23.3 Å². The first-order chi connectivity index (χ1) is 13.1. The number of piperidine rings is 1. The number of carbonyl (C=O) groups excluding carboxylic acids is 1. The van der Waals surface area contributed by atoms with Gasteiger partial charge >= 0.3 is 0 Å². The Morgan fingerprint density at radius 3 is 2.81 bits per heavy atom. The highest BCUT2D eigenvalue weighted by Gasteiger charge is 2.34. The Morgan fingerprint density at radius 2 is 2.07 bits per heavy atom. The number of aromatic nitrogens is 4. The summed E-state index contributed by atoms with van der Waals surface area (Å²) in [5.41, 5.74) is 8.90. The number of nitrogens with two attached hydrogens (primary N) is 1. The number of aromatic amines is 1. The van der Waals surface area contributed by atoms with E-state index in [-0.39, 0.29) is 17.9 Å². The second-order valence-electron chi connectivity index (χ2n) is 6.71. The quantitative estimate of drug-likeness (QED) is 0.675. The summed E-state index contributed by atoms with van der Waals surface area (Å²) in [5.74, 6) is 0.488. The Morgan fingerprint density at radius 1 is 1.26 bits per heavy atom. The molecule has 27 heavy (non-hydrogen) atoms. The van der Waals surface area contributed by atoms with Crippen LogP contribution in [0.3, 0.4) is 0 Å². The van der Waals surface area contributed by atoms with E-state index in [2.05, 4.69) is 20.2 Å². The van der Waals surface area contributed by atoms with Crippen molar-refractivity contribution in [2.75, 3.05) is 11.4 Å². The zero-order chi connectivity index (χ0) is 18.8. The van der Waals surface area contributed by atoms with Gasteiger partial charge in [0, 0.05) is 48.7 Å². The molecule has 3 aromatic heterocycles. The molecule has 1 aliphatic rings. The van der Waals surface area contributed by atoms with Gasteiger partial charge in [-0.1, -0.05) is 17.7 Å². The van der Waals surface area contributed by atoms with Gasteiger partial charge < -0.3 is 5.73 Å². The summed E-state index contributed by atoms with van der Waals surface area (Å²) >= 11 is 5.84. The average Bonchev–Trinajstić information content (AvgIpc) is 3.17. The highest BCUT2D eigenvalue weighted by atomic mass is 35.5. The molecular formula is C19H19ClN6O. The Hall–Kier alpha value is -2.77. The average molecular weight is 383 g/mol. The minimum absolute atomic E-state index is 0.0385. The summed E-state index contributed by atoms with van der Waals surface area (Å²) in [5, 5.41) is 7.73. The number of rotatable bonds is 4. The molecule has 8 heteroatoms. The lowest BCUT2D eigenvalue weighted by atomic mass is 9.88. The molecule has 3 N–H and O–H groups in total. The minimum atomic E-state index is -0.204. The Bertz CT molecular complexity index is 927. The fourth-order valence-corrected chi connectivity index (χ4v) is 3.52. The van der Waals surface area contributed by atoms with E-state index in [1.165, 1.54) is 0 Å². The first-order valence-electron chi connectivity index (χ1n) is 8.73. The van der Waals surface area contributed by atoms with Gasteiger partial charge in [0.25, 0.3) is 0 Å². The van der Waals surface area contributed by atoms with Crippen LogP contribution in [-0.4, -0.2) is 38.7 Å². The number of nitrogens with one attached hydrogen (secondary N) is 1. The maximum absolute atomic E-state index is 13.1. The van der Waals surface area contributed by atoms with E-state index in [1.807, 2.05) is 24.3 Å².